The van der Waals surface area contributed by atoms with Crippen LogP contribution in [-0.2, 0) is 4.74 Å². The molecular formula is C24H25NO4S. The number of anilines is 1. The Morgan fingerprint density at radius 3 is 2.53 bits per heavy atom. The second-order valence-electron chi connectivity index (χ2n) is 6.96. The van der Waals surface area contributed by atoms with Crippen LogP contribution in [0.1, 0.15) is 43.6 Å². The lowest BCUT2D eigenvalue weighted by Crippen LogP contribution is -2.14. The summed E-state index contributed by atoms with van der Waals surface area (Å²) in [6.45, 7) is 8.36. The number of hydrogen-bond donors (Lipinski definition) is 1. The Morgan fingerprint density at radius 1 is 1.07 bits per heavy atom. The van der Waals surface area contributed by atoms with E-state index in [4.69, 9.17) is 9.47 Å². The summed E-state index contributed by atoms with van der Waals surface area (Å²) in [5, 5.41) is 3.37. The largest absolute Gasteiger partial charge is 0.494 e. The van der Waals surface area contributed by atoms with E-state index in [1.807, 2.05) is 45.9 Å². The van der Waals surface area contributed by atoms with Gasteiger partial charge in [0.25, 0.3) is 5.91 Å². The van der Waals surface area contributed by atoms with E-state index in [0.717, 1.165) is 27.1 Å². The number of hydrogen-bond acceptors (Lipinski definition) is 5. The molecule has 0 radical (unpaired) electrons. The first-order chi connectivity index (χ1) is 14.3. The van der Waals surface area contributed by atoms with E-state index in [-0.39, 0.29) is 5.91 Å². The van der Waals surface area contributed by atoms with Crippen molar-refractivity contribution >= 4 is 28.2 Å². The first kappa shape index (κ1) is 21.6. The topological polar surface area (TPSA) is 64.6 Å². The van der Waals surface area contributed by atoms with Crippen LogP contribution in [0.4, 0.5) is 5.00 Å². The number of ether oxygens (including phenoxy) is 2. The van der Waals surface area contributed by atoms with Crippen LogP contribution in [0.25, 0.3) is 11.1 Å². The number of rotatable bonds is 6. The molecule has 6 heteroatoms. The monoisotopic (exact) mass is 423 g/mol. The Kier molecular flexibility index (Phi) is 6.57. The van der Waals surface area contributed by atoms with Gasteiger partial charge in [-0.1, -0.05) is 29.8 Å². The number of methoxy groups -OCH3 is 1. The van der Waals surface area contributed by atoms with E-state index in [9.17, 15) is 9.59 Å². The third-order valence-electron chi connectivity index (χ3n) is 4.77. The summed E-state index contributed by atoms with van der Waals surface area (Å²) in [5.41, 5.74) is 4.73. The molecule has 0 spiro atoms. The van der Waals surface area contributed by atoms with E-state index in [2.05, 4.69) is 5.32 Å². The van der Waals surface area contributed by atoms with E-state index in [1.54, 1.807) is 24.3 Å². The third-order valence-corrected chi connectivity index (χ3v) is 5.79. The van der Waals surface area contributed by atoms with Gasteiger partial charge in [-0.25, -0.2) is 4.79 Å². The maximum absolute atomic E-state index is 12.9. The molecule has 1 amide bonds. The first-order valence-corrected chi connectivity index (χ1v) is 10.5. The van der Waals surface area contributed by atoms with Crippen molar-refractivity contribution in [3.63, 3.8) is 0 Å². The number of carbonyl (C=O) groups is 2. The fourth-order valence-corrected chi connectivity index (χ4v) is 4.38. The molecule has 0 fully saturated rings. The summed E-state index contributed by atoms with van der Waals surface area (Å²) in [7, 11) is 1.35. The molecule has 0 aliphatic carbocycles. The van der Waals surface area contributed by atoms with Gasteiger partial charge in [0, 0.05) is 16.0 Å². The van der Waals surface area contributed by atoms with Crippen molar-refractivity contribution < 1.29 is 19.1 Å². The first-order valence-electron chi connectivity index (χ1n) is 9.69. The summed E-state index contributed by atoms with van der Waals surface area (Å²) >= 11 is 1.37. The summed E-state index contributed by atoms with van der Waals surface area (Å²) in [6, 6.07) is 13.1. The zero-order chi connectivity index (χ0) is 21.8. The normalized spacial score (nSPS) is 10.6. The molecule has 2 aromatic carbocycles. The Labute approximate surface area is 180 Å². The minimum absolute atomic E-state index is 0.310. The highest BCUT2D eigenvalue weighted by Gasteiger charge is 2.26. The summed E-state index contributed by atoms with van der Waals surface area (Å²) in [6.07, 6.45) is 0. The predicted molar refractivity (Wildman–Crippen MR) is 121 cm³/mol. The van der Waals surface area contributed by atoms with Crippen LogP contribution in [0.3, 0.4) is 0 Å². The Bertz CT molecular complexity index is 1100. The van der Waals surface area contributed by atoms with Crippen molar-refractivity contribution in [3.05, 3.63) is 69.6 Å². The lowest BCUT2D eigenvalue weighted by atomic mass is 9.95. The second kappa shape index (κ2) is 9.13. The van der Waals surface area contributed by atoms with Gasteiger partial charge in [-0.2, -0.15) is 0 Å². The van der Waals surface area contributed by atoms with Gasteiger partial charge in [-0.05, 0) is 57.0 Å². The fraction of sp³-hybridized carbons (Fsp3) is 0.250. The summed E-state index contributed by atoms with van der Waals surface area (Å²) < 4.78 is 10.5. The maximum atomic E-state index is 12.9. The maximum Gasteiger partial charge on any atom is 0.341 e. The van der Waals surface area contributed by atoms with Crippen LogP contribution in [0.5, 0.6) is 5.75 Å². The molecule has 0 aliphatic heterocycles. The quantitative estimate of drug-likeness (QED) is 0.511. The highest BCUT2D eigenvalue weighted by atomic mass is 32.1. The average Bonchev–Trinajstić information content (AvgIpc) is 3.05. The molecule has 1 aromatic heterocycles. The Balaban J connectivity index is 2.06. The summed E-state index contributed by atoms with van der Waals surface area (Å²) in [4.78, 5) is 26.5. The van der Waals surface area contributed by atoms with Gasteiger partial charge >= 0.3 is 5.97 Å². The van der Waals surface area contributed by atoms with E-state index >= 15 is 0 Å². The molecule has 1 heterocycles. The molecule has 0 unspecified atom stereocenters. The molecule has 1 N–H and O–H groups in total. The van der Waals surface area contributed by atoms with Crippen LogP contribution in [-0.4, -0.2) is 25.6 Å². The van der Waals surface area contributed by atoms with Crippen LogP contribution in [0.2, 0.25) is 0 Å². The third kappa shape index (κ3) is 4.39. The van der Waals surface area contributed by atoms with Gasteiger partial charge in [0.15, 0.2) is 0 Å². The summed E-state index contributed by atoms with van der Waals surface area (Å²) in [5.74, 6) is -0.166. The van der Waals surface area contributed by atoms with E-state index < -0.39 is 5.97 Å². The van der Waals surface area contributed by atoms with Crippen molar-refractivity contribution in [2.24, 2.45) is 0 Å². The lowest BCUT2D eigenvalue weighted by Gasteiger charge is -2.11. The zero-order valence-electron chi connectivity index (χ0n) is 17.8. The highest BCUT2D eigenvalue weighted by Crippen LogP contribution is 2.42. The average molecular weight is 424 g/mol. The molecule has 0 bridgehead atoms. The fourth-order valence-electron chi connectivity index (χ4n) is 3.33. The lowest BCUT2D eigenvalue weighted by molar-refractivity contribution is 0.0603. The van der Waals surface area contributed by atoms with Gasteiger partial charge in [0.1, 0.15) is 16.3 Å². The number of esters is 1. The number of carbonyl (C=O) groups excluding carboxylic acids is 2. The van der Waals surface area contributed by atoms with Crippen molar-refractivity contribution in [1.29, 1.82) is 0 Å². The minimum atomic E-state index is -0.478. The standard InChI is InChI=1S/C24H25NO4S/c1-6-29-18-9-7-8-17(13-18)22(26)25-23-21(24(27)28-5)20(16(4)30-23)19-12-14(2)10-11-15(19)3/h7-13H,6H2,1-5H3,(H,25,26). The van der Waals surface area contributed by atoms with Gasteiger partial charge in [0.05, 0.1) is 13.7 Å². The van der Waals surface area contributed by atoms with Gasteiger partial charge in [0.2, 0.25) is 0 Å². The SMILES string of the molecule is CCOc1cccc(C(=O)Nc2sc(C)c(-c3cc(C)ccc3C)c2C(=O)OC)c1. The van der Waals surface area contributed by atoms with Crippen molar-refractivity contribution in [2.45, 2.75) is 27.7 Å². The number of aryl methyl sites for hydroxylation is 3. The Hall–Kier alpha value is -3.12. The number of benzene rings is 2. The van der Waals surface area contributed by atoms with Gasteiger partial charge < -0.3 is 14.8 Å². The highest BCUT2D eigenvalue weighted by molar-refractivity contribution is 7.17. The van der Waals surface area contributed by atoms with Crippen molar-refractivity contribution in [3.8, 4) is 16.9 Å². The predicted octanol–water partition coefficient (Wildman–Crippen LogP) is 5.78. The molecule has 0 atom stereocenters. The van der Waals surface area contributed by atoms with Crippen LogP contribution >= 0.6 is 11.3 Å². The van der Waals surface area contributed by atoms with Crippen LogP contribution < -0.4 is 10.1 Å². The number of amides is 1. The van der Waals surface area contributed by atoms with Crippen LogP contribution in [0.15, 0.2) is 42.5 Å². The van der Waals surface area contributed by atoms with Crippen molar-refractivity contribution in [1.82, 2.24) is 0 Å². The van der Waals surface area contributed by atoms with E-state index in [0.29, 0.717) is 28.5 Å². The Morgan fingerprint density at radius 2 is 1.83 bits per heavy atom. The zero-order valence-corrected chi connectivity index (χ0v) is 18.6. The molecule has 5 nitrogen and oxygen atoms in total. The second-order valence-corrected chi connectivity index (χ2v) is 8.19. The van der Waals surface area contributed by atoms with Gasteiger partial charge in [-0.3, -0.25) is 4.79 Å². The number of thiophene rings is 1. The van der Waals surface area contributed by atoms with Crippen molar-refractivity contribution in [2.75, 3.05) is 19.0 Å². The molecule has 0 saturated carbocycles. The molecule has 3 rings (SSSR count). The molecular weight excluding hydrogens is 398 g/mol. The van der Waals surface area contributed by atoms with E-state index in [1.165, 1.54) is 18.4 Å². The smallest absolute Gasteiger partial charge is 0.341 e. The molecule has 30 heavy (non-hydrogen) atoms. The van der Waals surface area contributed by atoms with Gasteiger partial charge in [-0.15, -0.1) is 11.3 Å². The minimum Gasteiger partial charge on any atom is -0.494 e. The molecule has 156 valence electrons. The number of nitrogens with one attached hydrogen (secondary N) is 1. The molecule has 0 saturated heterocycles. The van der Waals surface area contributed by atoms with Crippen LogP contribution in [0, 0.1) is 20.8 Å². The molecule has 3 aromatic rings. The molecule has 0 aliphatic rings.